The molecule has 0 saturated carbocycles. The highest BCUT2D eigenvalue weighted by Crippen LogP contribution is 2.16. The molecular weight excluding hydrogens is 258 g/mol. The van der Waals surface area contributed by atoms with Crippen molar-refractivity contribution in [3.8, 4) is 6.07 Å². The molecule has 0 bridgehead atoms. The molecule has 2 N–H and O–H groups in total. The summed E-state index contributed by atoms with van der Waals surface area (Å²) >= 11 is 0. The number of nitrogens with one attached hydrogen (secondary N) is 1. The normalized spacial score (nSPS) is 10.7. The standard InChI is InChI=1S/C14H17N3O3/c1-4-14(5-2,13(19)20)17-12(18)11-7-6-10(8-15)9(3)16-11/h6-7H,4-5H2,1-3H3,(H,17,18)(H,19,20). The van der Waals surface area contributed by atoms with Gasteiger partial charge in [-0.25, -0.2) is 9.78 Å². The van der Waals surface area contributed by atoms with E-state index in [9.17, 15) is 14.7 Å². The van der Waals surface area contributed by atoms with E-state index in [0.29, 0.717) is 11.3 Å². The summed E-state index contributed by atoms with van der Waals surface area (Å²) in [4.78, 5) is 27.5. The van der Waals surface area contributed by atoms with Crippen LogP contribution in [0.4, 0.5) is 0 Å². The fourth-order valence-corrected chi connectivity index (χ4v) is 1.87. The van der Waals surface area contributed by atoms with Crippen LogP contribution in [0.5, 0.6) is 0 Å². The number of hydrogen-bond acceptors (Lipinski definition) is 4. The van der Waals surface area contributed by atoms with Crippen molar-refractivity contribution in [1.29, 1.82) is 5.26 Å². The molecule has 0 spiro atoms. The number of aryl methyl sites for hydroxylation is 1. The number of aromatic nitrogens is 1. The van der Waals surface area contributed by atoms with Gasteiger partial charge in [-0.2, -0.15) is 5.26 Å². The molecule has 0 radical (unpaired) electrons. The number of carboxylic acids is 1. The zero-order valence-electron chi connectivity index (χ0n) is 11.7. The van der Waals surface area contributed by atoms with Crippen molar-refractivity contribution in [1.82, 2.24) is 10.3 Å². The molecule has 6 heteroatoms. The van der Waals surface area contributed by atoms with Gasteiger partial charge < -0.3 is 10.4 Å². The van der Waals surface area contributed by atoms with Gasteiger partial charge in [-0.15, -0.1) is 0 Å². The molecule has 1 aromatic rings. The van der Waals surface area contributed by atoms with E-state index in [-0.39, 0.29) is 18.5 Å². The molecule has 0 aliphatic carbocycles. The minimum absolute atomic E-state index is 0.106. The predicted octanol–water partition coefficient (Wildman–Crippen LogP) is 1.63. The Bertz CT molecular complexity index is 572. The van der Waals surface area contributed by atoms with Gasteiger partial charge in [0.15, 0.2) is 0 Å². The van der Waals surface area contributed by atoms with Crippen LogP contribution >= 0.6 is 0 Å². The Hall–Kier alpha value is -2.42. The molecule has 106 valence electrons. The third kappa shape index (κ3) is 2.94. The van der Waals surface area contributed by atoms with Crippen LogP contribution in [0.25, 0.3) is 0 Å². The summed E-state index contributed by atoms with van der Waals surface area (Å²) in [6, 6.07) is 4.87. The SMILES string of the molecule is CCC(CC)(NC(=O)c1ccc(C#N)c(C)n1)C(=O)O. The van der Waals surface area contributed by atoms with Crippen LogP contribution in [0.15, 0.2) is 12.1 Å². The first-order valence-corrected chi connectivity index (χ1v) is 6.33. The van der Waals surface area contributed by atoms with Crippen molar-refractivity contribution < 1.29 is 14.7 Å². The molecule has 1 heterocycles. The maximum Gasteiger partial charge on any atom is 0.329 e. The Kier molecular flexibility index (Phi) is 4.81. The average Bonchev–Trinajstić information content (AvgIpc) is 2.44. The molecule has 1 amide bonds. The molecule has 0 unspecified atom stereocenters. The number of hydrogen-bond donors (Lipinski definition) is 2. The lowest BCUT2D eigenvalue weighted by molar-refractivity contribution is -0.144. The largest absolute Gasteiger partial charge is 0.480 e. The first kappa shape index (κ1) is 15.6. The van der Waals surface area contributed by atoms with E-state index in [1.54, 1.807) is 20.8 Å². The number of nitrogens with zero attached hydrogens (tertiary/aromatic N) is 2. The highest BCUT2D eigenvalue weighted by atomic mass is 16.4. The Morgan fingerprint density at radius 1 is 1.40 bits per heavy atom. The molecule has 0 saturated heterocycles. The van der Waals surface area contributed by atoms with Gasteiger partial charge in [0.1, 0.15) is 17.3 Å². The van der Waals surface area contributed by atoms with Gasteiger partial charge in [-0.3, -0.25) is 4.79 Å². The van der Waals surface area contributed by atoms with E-state index in [1.165, 1.54) is 12.1 Å². The number of nitriles is 1. The lowest BCUT2D eigenvalue weighted by atomic mass is 9.92. The minimum Gasteiger partial charge on any atom is -0.480 e. The van der Waals surface area contributed by atoms with Crippen molar-refractivity contribution in [3.05, 3.63) is 29.1 Å². The summed E-state index contributed by atoms with van der Waals surface area (Å²) in [7, 11) is 0. The van der Waals surface area contributed by atoms with Crippen LogP contribution in [-0.2, 0) is 4.79 Å². The fraction of sp³-hybridized carbons (Fsp3) is 0.429. The fourth-order valence-electron chi connectivity index (χ4n) is 1.87. The van der Waals surface area contributed by atoms with Gasteiger partial charge in [0.05, 0.1) is 11.3 Å². The molecule has 20 heavy (non-hydrogen) atoms. The Morgan fingerprint density at radius 2 is 2.00 bits per heavy atom. The number of carbonyl (C=O) groups excluding carboxylic acids is 1. The molecule has 1 rings (SSSR count). The van der Waals surface area contributed by atoms with Gasteiger partial charge in [0.25, 0.3) is 5.91 Å². The second-order valence-electron chi connectivity index (χ2n) is 4.49. The van der Waals surface area contributed by atoms with Crippen molar-refractivity contribution in [2.75, 3.05) is 0 Å². The summed E-state index contributed by atoms with van der Waals surface area (Å²) in [5.74, 6) is -1.62. The lowest BCUT2D eigenvalue weighted by Crippen LogP contribution is -2.53. The van der Waals surface area contributed by atoms with Crippen molar-refractivity contribution in [2.45, 2.75) is 39.2 Å². The van der Waals surface area contributed by atoms with Gasteiger partial charge in [0, 0.05) is 0 Å². The summed E-state index contributed by atoms with van der Waals surface area (Å²) < 4.78 is 0. The summed E-state index contributed by atoms with van der Waals surface area (Å²) in [5.41, 5.74) is -0.360. The number of pyridine rings is 1. The minimum atomic E-state index is -1.29. The van der Waals surface area contributed by atoms with Gasteiger partial charge in [-0.1, -0.05) is 13.8 Å². The third-order valence-corrected chi connectivity index (χ3v) is 3.41. The highest BCUT2D eigenvalue weighted by Gasteiger charge is 2.36. The third-order valence-electron chi connectivity index (χ3n) is 3.41. The second-order valence-corrected chi connectivity index (χ2v) is 4.49. The van der Waals surface area contributed by atoms with E-state index < -0.39 is 17.4 Å². The van der Waals surface area contributed by atoms with Crippen molar-refractivity contribution >= 4 is 11.9 Å². The number of carbonyl (C=O) groups is 2. The average molecular weight is 275 g/mol. The molecule has 0 aliphatic rings. The molecular formula is C14H17N3O3. The maximum absolute atomic E-state index is 12.1. The van der Waals surface area contributed by atoms with E-state index in [0.717, 1.165) is 0 Å². The summed E-state index contributed by atoms with van der Waals surface area (Å²) in [6.07, 6.45) is 0.555. The zero-order chi connectivity index (χ0) is 15.3. The van der Waals surface area contributed by atoms with E-state index in [2.05, 4.69) is 10.3 Å². The molecule has 0 aliphatic heterocycles. The second kappa shape index (κ2) is 6.15. The lowest BCUT2D eigenvalue weighted by Gasteiger charge is -2.27. The Morgan fingerprint density at radius 3 is 2.40 bits per heavy atom. The van der Waals surface area contributed by atoms with Gasteiger partial charge >= 0.3 is 5.97 Å². The summed E-state index contributed by atoms with van der Waals surface area (Å²) in [6.45, 7) is 5.03. The predicted molar refractivity (Wildman–Crippen MR) is 72.1 cm³/mol. The van der Waals surface area contributed by atoms with Crippen LogP contribution in [0, 0.1) is 18.3 Å². The monoisotopic (exact) mass is 275 g/mol. The first-order valence-electron chi connectivity index (χ1n) is 6.33. The number of amides is 1. The molecule has 0 aromatic carbocycles. The summed E-state index contributed by atoms with van der Waals surface area (Å²) in [5, 5.41) is 20.6. The van der Waals surface area contributed by atoms with Crippen LogP contribution in [0.3, 0.4) is 0 Å². The smallest absolute Gasteiger partial charge is 0.329 e. The van der Waals surface area contributed by atoms with Crippen LogP contribution < -0.4 is 5.32 Å². The molecule has 0 fully saturated rings. The van der Waals surface area contributed by atoms with Crippen molar-refractivity contribution in [3.63, 3.8) is 0 Å². The number of carboxylic acid groups (broad SMARTS) is 1. The molecule has 6 nitrogen and oxygen atoms in total. The van der Waals surface area contributed by atoms with Crippen LogP contribution in [-0.4, -0.2) is 27.5 Å². The quantitative estimate of drug-likeness (QED) is 0.850. The van der Waals surface area contributed by atoms with Crippen LogP contribution in [0.1, 0.15) is 48.4 Å². The number of aliphatic carboxylic acids is 1. The Labute approximate surface area is 117 Å². The highest BCUT2D eigenvalue weighted by molar-refractivity contribution is 5.96. The Balaban J connectivity index is 3.05. The molecule has 0 atom stereocenters. The van der Waals surface area contributed by atoms with E-state index in [4.69, 9.17) is 5.26 Å². The van der Waals surface area contributed by atoms with E-state index >= 15 is 0 Å². The van der Waals surface area contributed by atoms with Gasteiger partial charge in [-0.05, 0) is 31.9 Å². The topological polar surface area (TPSA) is 103 Å². The van der Waals surface area contributed by atoms with Crippen molar-refractivity contribution in [2.24, 2.45) is 0 Å². The van der Waals surface area contributed by atoms with E-state index in [1.807, 2.05) is 6.07 Å². The van der Waals surface area contributed by atoms with Gasteiger partial charge in [0.2, 0.25) is 0 Å². The molecule has 1 aromatic heterocycles. The first-order chi connectivity index (χ1) is 9.40. The van der Waals surface area contributed by atoms with Crippen LogP contribution in [0.2, 0.25) is 0 Å². The maximum atomic E-state index is 12.1. The zero-order valence-corrected chi connectivity index (χ0v) is 11.7. The number of rotatable bonds is 5.